The molecule has 3 aromatic heterocycles. The lowest BCUT2D eigenvalue weighted by atomic mass is 10.1. The number of aromatic nitrogens is 4. The van der Waals surface area contributed by atoms with E-state index in [4.69, 9.17) is 0 Å². The molecule has 4 rings (SSSR count). The monoisotopic (exact) mass is 307 g/mol. The first-order chi connectivity index (χ1) is 11.2. The molecule has 0 bridgehead atoms. The summed E-state index contributed by atoms with van der Waals surface area (Å²) in [6.07, 6.45) is 8.94. The van der Waals surface area contributed by atoms with Gasteiger partial charge < -0.3 is 4.90 Å². The predicted octanol–water partition coefficient (Wildman–Crippen LogP) is 2.41. The van der Waals surface area contributed by atoms with E-state index >= 15 is 0 Å². The molecule has 23 heavy (non-hydrogen) atoms. The summed E-state index contributed by atoms with van der Waals surface area (Å²) in [5, 5.41) is 4.26. The molecular weight excluding hydrogens is 290 g/mol. The van der Waals surface area contributed by atoms with Crippen LogP contribution >= 0.6 is 0 Å². The van der Waals surface area contributed by atoms with Crippen LogP contribution in [-0.4, -0.2) is 36.9 Å². The molecule has 1 atom stereocenters. The van der Waals surface area contributed by atoms with Crippen LogP contribution in [0.4, 0.5) is 0 Å². The molecule has 3 aromatic rings. The normalized spacial score (nSPS) is 17.8. The van der Waals surface area contributed by atoms with Crippen LogP contribution in [0.3, 0.4) is 0 Å². The number of rotatable bonds is 2. The van der Waals surface area contributed by atoms with Crippen LogP contribution < -0.4 is 0 Å². The second kappa shape index (κ2) is 5.46. The smallest absolute Gasteiger partial charge is 0.259 e. The van der Waals surface area contributed by atoms with Crippen LogP contribution in [0.25, 0.3) is 5.65 Å². The molecule has 4 heterocycles. The topological polar surface area (TPSA) is 63.4 Å². The minimum Gasteiger partial charge on any atom is -0.330 e. The van der Waals surface area contributed by atoms with Gasteiger partial charge in [0.05, 0.1) is 17.9 Å². The molecule has 0 radical (unpaired) electrons. The molecule has 1 unspecified atom stereocenters. The van der Waals surface area contributed by atoms with Gasteiger partial charge in [0.25, 0.3) is 5.91 Å². The van der Waals surface area contributed by atoms with Crippen molar-refractivity contribution in [2.75, 3.05) is 6.54 Å². The summed E-state index contributed by atoms with van der Waals surface area (Å²) in [7, 11) is 0. The number of fused-ring (bicyclic) bond motifs is 1. The molecule has 0 spiro atoms. The van der Waals surface area contributed by atoms with Gasteiger partial charge in [-0.25, -0.2) is 9.50 Å². The SMILES string of the molecule is Cc1cnc2c(C(=O)N3CCCC3c3ccccn3)cnn2c1. The number of hydrogen-bond acceptors (Lipinski definition) is 4. The molecule has 116 valence electrons. The second-order valence-corrected chi connectivity index (χ2v) is 5.87. The summed E-state index contributed by atoms with van der Waals surface area (Å²) < 4.78 is 1.66. The molecule has 6 heteroatoms. The van der Waals surface area contributed by atoms with E-state index in [2.05, 4.69) is 15.1 Å². The highest BCUT2D eigenvalue weighted by molar-refractivity contribution is 6.00. The Morgan fingerprint density at radius 3 is 3.00 bits per heavy atom. The van der Waals surface area contributed by atoms with Gasteiger partial charge in [-0.05, 0) is 37.5 Å². The molecule has 1 aliphatic rings. The lowest BCUT2D eigenvalue weighted by Gasteiger charge is -2.23. The molecule has 0 aromatic carbocycles. The Bertz CT molecular complexity index is 858. The first-order valence-electron chi connectivity index (χ1n) is 7.76. The highest BCUT2D eigenvalue weighted by Crippen LogP contribution is 2.32. The molecule has 0 aliphatic carbocycles. The van der Waals surface area contributed by atoms with Crippen molar-refractivity contribution in [3.63, 3.8) is 0 Å². The first-order valence-corrected chi connectivity index (χ1v) is 7.76. The van der Waals surface area contributed by atoms with Crippen LogP contribution in [0.5, 0.6) is 0 Å². The Morgan fingerprint density at radius 2 is 2.17 bits per heavy atom. The highest BCUT2D eigenvalue weighted by atomic mass is 16.2. The summed E-state index contributed by atoms with van der Waals surface area (Å²) in [6, 6.07) is 5.86. The molecule has 0 N–H and O–H groups in total. The van der Waals surface area contributed by atoms with Crippen LogP contribution in [0, 0.1) is 6.92 Å². The van der Waals surface area contributed by atoms with Crippen molar-refractivity contribution >= 4 is 11.6 Å². The Balaban J connectivity index is 1.70. The predicted molar refractivity (Wildman–Crippen MR) is 85.0 cm³/mol. The summed E-state index contributed by atoms with van der Waals surface area (Å²) in [4.78, 5) is 23.7. The van der Waals surface area contributed by atoms with Gasteiger partial charge >= 0.3 is 0 Å². The summed E-state index contributed by atoms with van der Waals surface area (Å²) in [5.74, 6) is -0.0236. The van der Waals surface area contributed by atoms with Gasteiger partial charge in [-0.1, -0.05) is 6.07 Å². The van der Waals surface area contributed by atoms with Gasteiger partial charge in [0.2, 0.25) is 0 Å². The third kappa shape index (κ3) is 2.36. The molecule has 6 nitrogen and oxygen atoms in total. The van der Waals surface area contributed by atoms with Crippen molar-refractivity contribution in [2.24, 2.45) is 0 Å². The summed E-state index contributed by atoms with van der Waals surface area (Å²) >= 11 is 0. The number of aryl methyl sites for hydroxylation is 1. The van der Waals surface area contributed by atoms with E-state index in [-0.39, 0.29) is 11.9 Å². The van der Waals surface area contributed by atoms with Crippen molar-refractivity contribution in [2.45, 2.75) is 25.8 Å². The van der Waals surface area contributed by atoms with E-state index in [1.807, 2.05) is 36.2 Å². The third-order valence-corrected chi connectivity index (χ3v) is 4.26. The van der Waals surface area contributed by atoms with E-state index in [0.717, 1.165) is 30.6 Å². The summed E-state index contributed by atoms with van der Waals surface area (Å²) in [6.45, 7) is 2.69. The molecular formula is C17H17N5O. The summed E-state index contributed by atoms with van der Waals surface area (Å²) in [5.41, 5.74) is 3.10. The van der Waals surface area contributed by atoms with E-state index in [0.29, 0.717) is 11.2 Å². The Labute approximate surface area is 133 Å². The molecule has 1 fully saturated rings. The minimum absolute atomic E-state index is 0.0236. The fourth-order valence-corrected chi connectivity index (χ4v) is 3.16. The van der Waals surface area contributed by atoms with Gasteiger partial charge in [0, 0.05) is 25.1 Å². The van der Waals surface area contributed by atoms with Gasteiger partial charge in [0.1, 0.15) is 5.56 Å². The molecule has 0 saturated carbocycles. The number of carbonyl (C=O) groups excluding carboxylic acids is 1. The maximum absolute atomic E-state index is 13.0. The Morgan fingerprint density at radius 1 is 1.26 bits per heavy atom. The maximum Gasteiger partial charge on any atom is 0.259 e. The van der Waals surface area contributed by atoms with Gasteiger partial charge in [-0.2, -0.15) is 5.10 Å². The zero-order chi connectivity index (χ0) is 15.8. The third-order valence-electron chi connectivity index (χ3n) is 4.26. The number of hydrogen-bond donors (Lipinski definition) is 0. The standard InChI is InChI=1S/C17H17N5O/c1-12-9-19-16-13(10-20-22(16)11-12)17(23)21-8-4-6-15(21)14-5-2-3-7-18-14/h2-3,5,7,9-11,15H,4,6,8H2,1H3. The van der Waals surface area contributed by atoms with E-state index in [9.17, 15) is 4.79 Å². The number of amides is 1. The molecule has 1 saturated heterocycles. The zero-order valence-corrected chi connectivity index (χ0v) is 12.9. The van der Waals surface area contributed by atoms with Crippen LogP contribution in [0.1, 0.15) is 40.5 Å². The van der Waals surface area contributed by atoms with Crippen molar-refractivity contribution in [3.8, 4) is 0 Å². The Kier molecular flexibility index (Phi) is 3.29. The fraction of sp³-hybridized carbons (Fsp3) is 0.294. The maximum atomic E-state index is 13.0. The van der Waals surface area contributed by atoms with E-state index in [1.165, 1.54) is 0 Å². The largest absolute Gasteiger partial charge is 0.330 e. The number of pyridine rings is 1. The van der Waals surface area contributed by atoms with Crippen LogP contribution in [0.15, 0.2) is 43.0 Å². The molecule has 1 amide bonds. The van der Waals surface area contributed by atoms with Crippen LogP contribution in [0.2, 0.25) is 0 Å². The van der Waals surface area contributed by atoms with Gasteiger partial charge in [-0.15, -0.1) is 0 Å². The second-order valence-electron chi connectivity index (χ2n) is 5.87. The zero-order valence-electron chi connectivity index (χ0n) is 12.9. The highest BCUT2D eigenvalue weighted by Gasteiger charge is 2.32. The van der Waals surface area contributed by atoms with Crippen molar-refractivity contribution < 1.29 is 4.79 Å². The van der Waals surface area contributed by atoms with Crippen molar-refractivity contribution in [1.29, 1.82) is 0 Å². The lowest BCUT2D eigenvalue weighted by Crippen LogP contribution is -2.31. The van der Waals surface area contributed by atoms with E-state index < -0.39 is 0 Å². The Hall–Kier alpha value is -2.76. The average Bonchev–Trinajstić information content (AvgIpc) is 3.21. The lowest BCUT2D eigenvalue weighted by molar-refractivity contribution is 0.0734. The first kappa shape index (κ1) is 13.9. The fourth-order valence-electron chi connectivity index (χ4n) is 3.16. The number of likely N-dealkylation sites (tertiary alicyclic amines) is 1. The molecule has 1 aliphatic heterocycles. The number of carbonyl (C=O) groups is 1. The van der Waals surface area contributed by atoms with Crippen LogP contribution in [-0.2, 0) is 0 Å². The van der Waals surface area contributed by atoms with Crippen molar-refractivity contribution in [1.82, 2.24) is 24.5 Å². The van der Waals surface area contributed by atoms with E-state index in [1.54, 1.807) is 23.1 Å². The average molecular weight is 307 g/mol. The van der Waals surface area contributed by atoms with Gasteiger partial charge in [0.15, 0.2) is 5.65 Å². The number of nitrogens with zero attached hydrogens (tertiary/aromatic N) is 5. The van der Waals surface area contributed by atoms with Gasteiger partial charge in [-0.3, -0.25) is 9.78 Å². The minimum atomic E-state index is -0.0236. The quantitative estimate of drug-likeness (QED) is 0.729. The van der Waals surface area contributed by atoms with Crippen molar-refractivity contribution in [3.05, 3.63) is 59.8 Å².